The van der Waals surface area contributed by atoms with Gasteiger partial charge in [-0.1, -0.05) is 26.8 Å². The van der Waals surface area contributed by atoms with Crippen molar-refractivity contribution in [3.8, 4) is 5.75 Å². The SMILES string of the molecule is COc1ccc(CCn2cnc3cc(NC(N[C@H]4C[C@H]5C(C)C5(C)C[C@@H]4C)N4CCN[C@@H](CF)C4)ccc3c2=O)c(F)c1. The molecule has 2 aliphatic carbocycles. The number of aryl methyl sites for hydroxylation is 2. The molecule has 2 saturated carbocycles. The van der Waals surface area contributed by atoms with Gasteiger partial charge in [-0.3, -0.25) is 19.6 Å². The minimum atomic E-state index is -0.404. The summed E-state index contributed by atoms with van der Waals surface area (Å²) in [5.74, 6) is 2.15. The number of piperazine rings is 1. The number of hydrogen-bond acceptors (Lipinski definition) is 7. The van der Waals surface area contributed by atoms with E-state index >= 15 is 0 Å². The molecule has 0 radical (unpaired) electrons. The number of halogens is 2. The molecule has 232 valence electrons. The van der Waals surface area contributed by atoms with Crippen molar-refractivity contribution in [3.05, 3.63) is 64.5 Å². The molecule has 1 aliphatic heterocycles. The van der Waals surface area contributed by atoms with Crippen LogP contribution in [0.1, 0.15) is 39.2 Å². The summed E-state index contributed by atoms with van der Waals surface area (Å²) in [6, 6.07) is 10.5. The van der Waals surface area contributed by atoms with Crippen molar-refractivity contribution >= 4 is 16.6 Å². The van der Waals surface area contributed by atoms with Gasteiger partial charge in [0.05, 0.1) is 24.3 Å². The summed E-state index contributed by atoms with van der Waals surface area (Å²) in [7, 11) is 1.50. The fraction of sp³-hybridized carbons (Fsp3) is 0.576. The molecule has 1 aromatic heterocycles. The quantitative estimate of drug-likeness (QED) is 0.301. The second-order valence-electron chi connectivity index (χ2n) is 13.1. The van der Waals surface area contributed by atoms with Crippen molar-refractivity contribution in [3.63, 3.8) is 0 Å². The van der Waals surface area contributed by atoms with Crippen LogP contribution >= 0.6 is 0 Å². The molecule has 2 heterocycles. The monoisotopic (exact) mass is 594 g/mol. The number of ether oxygens (including phenoxy) is 1. The van der Waals surface area contributed by atoms with E-state index in [1.54, 1.807) is 18.2 Å². The number of benzene rings is 2. The molecule has 3 N–H and O–H groups in total. The molecule has 43 heavy (non-hydrogen) atoms. The minimum absolute atomic E-state index is 0.161. The maximum Gasteiger partial charge on any atom is 0.261 e. The normalized spacial score (nSPS) is 29.7. The molecular weight excluding hydrogens is 550 g/mol. The van der Waals surface area contributed by atoms with Crippen molar-refractivity contribution < 1.29 is 13.5 Å². The van der Waals surface area contributed by atoms with E-state index < -0.39 is 6.67 Å². The lowest BCUT2D eigenvalue weighted by atomic mass is 9.79. The molecule has 8 nitrogen and oxygen atoms in total. The summed E-state index contributed by atoms with van der Waals surface area (Å²) in [6.45, 7) is 9.19. The van der Waals surface area contributed by atoms with Crippen molar-refractivity contribution in [2.45, 2.75) is 65.0 Å². The van der Waals surface area contributed by atoms with E-state index in [9.17, 15) is 13.6 Å². The number of nitrogens with zero attached hydrogens (tertiary/aromatic N) is 3. The Labute approximate surface area is 252 Å². The third-order valence-corrected chi connectivity index (χ3v) is 10.6. The van der Waals surface area contributed by atoms with Gasteiger partial charge in [-0.25, -0.2) is 13.8 Å². The summed E-state index contributed by atoms with van der Waals surface area (Å²) in [4.78, 5) is 20.2. The van der Waals surface area contributed by atoms with Crippen molar-refractivity contribution in [2.24, 2.45) is 23.2 Å². The Hall–Kier alpha value is -3.08. The summed E-state index contributed by atoms with van der Waals surface area (Å²) in [6.07, 6.45) is 4.08. The zero-order valence-electron chi connectivity index (χ0n) is 25.6. The molecule has 3 aliphatic rings. The lowest BCUT2D eigenvalue weighted by molar-refractivity contribution is 0.0976. The lowest BCUT2D eigenvalue weighted by Crippen LogP contribution is -2.63. The number of methoxy groups -OCH3 is 1. The Morgan fingerprint density at radius 1 is 1.23 bits per heavy atom. The summed E-state index contributed by atoms with van der Waals surface area (Å²) >= 11 is 0. The molecular formula is C33H44F2N6O2. The van der Waals surface area contributed by atoms with E-state index in [-0.39, 0.29) is 23.7 Å². The van der Waals surface area contributed by atoms with Gasteiger partial charge in [0.2, 0.25) is 0 Å². The van der Waals surface area contributed by atoms with E-state index in [2.05, 4.69) is 46.6 Å². The second-order valence-corrected chi connectivity index (χ2v) is 13.1. The fourth-order valence-electron chi connectivity index (χ4n) is 7.59. The summed E-state index contributed by atoms with van der Waals surface area (Å²) in [5, 5.41) is 11.4. The number of aromatic nitrogens is 2. The zero-order chi connectivity index (χ0) is 30.3. The summed E-state index contributed by atoms with van der Waals surface area (Å²) < 4.78 is 34.7. The van der Waals surface area contributed by atoms with Gasteiger partial charge < -0.3 is 15.4 Å². The molecule has 6 rings (SSSR count). The van der Waals surface area contributed by atoms with E-state index in [0.717, 1.165) is 37.0 Å². The van der Waals surface area contributed by atoms with E-state index in [1.807, 2.05) is 12.1 Å². The second kappa shape index (κ2) is 12.1. The van der Waals surface area contributed by atoms with Gasteiger partial charge in [-0.2, -0.15) is 0 Å². The molecule has 0 amide bonds. The van der Waals surface area contributed by atoms with Gasteiger partial charge in [0.1, 0.15) is 24.5 Å². The predicted molar refractivity (Wildman–Crippen MR) is 165 cm³/mol. The number of rotatable bonds is 10. The number of hydrogen-bond donors (Lipinski definition) is 3. The lowest BCUT2D eigenvalue weighted by Gasteiger charge is -2.43. The van der Waals surface area contributed by atoms with E-state index in [4.69, 9.17) is 4.74 Å². The standard InChI is InChI=1S/C33H44F2N6O2/c1-20-16-33(3)21(2)27(33)15-29(20)39-32(40-12-10-36-24(17-34)18-40)38-23-6-8-26-30(13-23)37-19-41(31(26)42)11-9-22-5-7-25(43-4)14-28(22)35/h5-8,13-14,19-21,24,27,29,32,36,38-39H,9-12,15-18H2,1-4H3/t20-,21?,24-,27-,29-,32?,33?/m0/s1. The maximum absolute atomic E-state index is 14.4. The molecule has 10 heteroatoms. The van der Waals surface area contributed by atoms with Crippen LogP contribution in [-0.4, -0.2) is 66.2 Å². The van der Waals surface area contributed by atoms with Crippen molar-refractivity contribution in [2.75, 3.05) is 38.7 Å². The van der Waals surface area contributed by atoms with Gasteiger partial charge in [-0.15, -0.1) is 0 Å². The van der Waals surface area contributed by atoms with E-state index in [1.165, 1.54) is 30.5 Å². The van der Waals surface area contributed by atoms with Crippen LogP contribution in [0, 0.1) is 29.0 Å². The van der Waals surface area contributed by atoms with Crippen LogP contribution in [0.4, 0.5) is 14.5 Å². The highest BCUT2D eigenvalue weighted by Gasteiger charge is 2.61. The third kappa shape index (κ3) is 6.01. The Morgan fingerprint density at radius 3 is 2.84 bits per heavy atom. The predicted octanol–water partition coefficient (Wildman–Crippen LogP) is 4.39. The average Bonchev–Trinajstić information content (AvgIpc) is 3.54. The van der Waals surface area contributed by atoms with E-state index in [0.29, 0.717) is 59.1 Å². The van der Waals surface area contributed by atoms with Crippen LogP contribution in [0.2, 0.25) is 0 Å². The number of fused-ring (bicyclic) bond motifs is 2. The van der Waals surface area contributed by atoms with Crippen LogP contribution in [0.5, 0.6) is 5.75 Å². The van der Waals surface area contributed by atoms with Crippen molar-refractivity contribution in [1.82, 2.24) is 25.1 Å². The third-order valence-electron chi connectivity index (χ3n) is 10.6. The number of nitrogens with one attached hydrogen (secondary N) is 3. The number of anilines is 1. The highest BCUT2D eigenvalue weighted by molar-refractivity contribution is 5.81. The average molecular weight is 595 g/mol. The van der Waals surface area contributed by atoms with Crippen LogP contribution in [0.15, 0.2) is 47.5 Å². The topological polar surface area (TPSA) is 83.4 Å². The zero-order valence-corrected chi connectivity index (χ0v) is 25.6. The molecule has 0 bridgehead atoms. The smallest absolute Gasteiger partial charge is 0.261 e. The van der Waals surface area contributed by atoms with Crippen LogP contribution in [0.25, 0.3) is 10.9 Å². The van der Waals surface area contributed by atoms with Gasteiger partial charge in [0, 0.05) is 50.0 Å². The summed E-state index contributed by atoms with van der Waals surface area (Å²) in [5.41, 5.74) is 2.26. The van der Waals surface area contributed by atoms with Crippen LogP contribution in [0.3, 0.4) is 0 Å². The van der Waals surface area contributed by atoms with Crippen LogP contribution < -0.4 is 26.2 Å². The Morgan fingerprint density at radius 2 is 2.07 bits per heavy atom. The van der Waals surface area contributed by atoms with Gasteiger partial charge in [0.25, 0.3) is 5.56 Å². The highest BCUT2D eigenvalue weighted by atomic mass is 19.1. The number of alkyl halides is 1. The Bertz CT molecular complexity index is 1520. The van der Waals surface area contributed by atoms with Crippen LogP contribution in [-0.2, 0) is 13.0 Å². The van der Waals surface area contributed by atoms with Gasteiger partial charge in [-0.05, 0) is 72.3 Å². The molecule has 3 unspecified atom stereocenters. The fourth-order valence-corrected chi connectivity index (χ4v) is 7.59. The Balaban J connectivity index is 1.19. The Kier molecular flexibility index (Phi) is 8.45. The molecule has 1 saturated heterocycles. The first-order valence-electron chi connectivity index (χ1n) is 15.6. The van der Waals surface area contributed by atoms with Crippen molar-refractivity contribution in [1.29, 1.82) is 0 Å². The van der Waals surface area contributed by atoms with Gasteiger partial charge in [0.15, 0.2) is 0 Å². The largest absolute Gasteiger partial charge is 0.497 e. The molecule has 0 spiro atoms. The first-order chi connectivity index (χ1) is 20.7. The highest BCUT2D eigenvalue weighted by Crippen LogP contribution is 2.66. The molecule has 7 atom stereocenters. The minimum Gasteiger partial charge on any atom is -0.497 e. The first-order valence-corrected chi connectivity index (χ1v) is 15.6. The maximum atomic E-state index is 14.4. The first kappa shape index (κ1) is 30.0. The van der Waals surface area contributed by atoms with Gasteiger partial charge >= 0.3 is 0 Å². The molecule has 3 aromatic rings. The molecule has 2 aromatic carbocycles. The molecule has 3 fully saturated rings.